The Hall–Kier alpha value is -0.916. The highest BCUT2D eigenvalue weighted by atomic mass is 28.4. The topological polar surface area (TPSA) is 40.5 Å². The van der Waals surface area contributed by atoms with Crippen molar-refractivity contribution in [1.82, 2.24) is 4.23 Å². The third-order valence-electron chi connectivity index (χ3n) is 3.13. The Bertz CT molecular complexity index is 447. The predicted molar refractivity (Wildman–Crippen MR) is 85.6 cm³/mol. The van der Waals surface area contributed by atoms with Crippen LogP contribution < -0.4 is 0 Å². The third-order valence-corrected chi connectivity index (χ3v) is 10.7. The highest BCUT2D eigenvalue weighted by Gasteiger charge is 2.34. The van der Waals surface area contributed by atoms with Gasteiger partial charge in [0.25, 0.3) is 0 Å². The van der Waals surface area contributed by atoms with Gasteiger partial charge in [0.15, 0.2) is 0 Å². The molecule has 0 aliphatic rings. The summed E-state index contributed by atoms with van der Waals surface area (Å²) in [4.78, 5) is 11.0. The van der Waals surface area contributed by atoms with E-state index in [-0.39, 0.29) is 0 Å². The number of hydrogen-bond donors (Lipinski definition) is 1. The lowest BCUT2D eigenvalue weighted by Gasteiger charge is -2.43. The molecule has 1 aromatic rings. The van der Waals surface area contributed by atoms with E-state index in [1.807, 2.05) is 12.1 Å². The number of carboxylic acid groups (broad SMARTS) is 1. The van der Waals surface area contributed by atoms with Crippen LogP contribution in [0.15, 0.2) is 24.3 Å². The molecule has 106 valence electrons. The van der Waals surface area contributed by atoms with Crippen molar-refractivity contribution in [2.45, 2.75) is 45.8 Å². The summed E-state index contributed by atoms with van der Waals surface area (Å²) in [5.74, 6) is -0.852. The number of carbonyl (C=O) groups is 1. The SMILES string of the molecule is C[Si](C)(C)N(Cc1cccc(C(=O)O)c1)[Si](C)(C)C. The first-order chi connectivity index (χ1) is 8.51. The maximum atomic E-state index is 11.0. The molecular formula is C14H25NO2Si2. The van der Waals surface area contributed by atoms with Gasteiger partial charge in [-0.3, -0.25) is 0 Å². The van der Waals surface area contributed by atoms with E-state index in [9.17, 15) is 4.79 Å². The Morgan fingerprint density at radius 3 is 2.05 bits per heavy atom. The molecule has 1 rings (SSSR count). The Morgan fingerprint density at radius 1 is 1.11 bits per heavy atom. The highest BCUT2D eigenvalue weighted by Crippen LogP contribution is 2.23. The van der Waals surface area contributed by atoms with Crippen molar-refractivity contribution in [2.75, 3.05) is 0 Å². The first kappa shape index (κ1) is 16.1. The summed E-state index contributed by atoms with van der Waals surface area (Å²) < 4.78 is 2.65. The molecule has 0 bridgehead atoms. The summed E-state index contributed by atoms with van der Waals surface area (Å²) in [7, 11) is -2.80. The number of nitrogens with zero attached hydrogens (tertiary/aromatic N) is 1. The molecule has 0 unspecified atom stereocenters. The van der Waals surface area contributed by atoms with E-state index in [4.69, 9.17) is 5.11 Å². The maximum absolute atomic E-state index is 11.0. The number of carboxylic acids is 1. The Kier molecular flexibility index (Phi) is 4.76. The van der Waals surface area contributed by atoms with Crippen LogP contribution in [0.1, 0.15) is 15.9 Å². The summed E-state index contributed by atoms with van der Waals surface area (Å²) >= 11 is 0. The van der Waals surface area contributed by atoms with Crippen molar-refractivity contribution in [2.24, 2.45) is 0 Å². The molecule has 0 fully saturated rings. The fraction of sp³-hybridized carbons (Fsp3) is 0.500. The number of benzene rings is 1. The zero-order chi connectivity index (χ0) is 14.8. The lowest BCUT2D eigenvalue weighted by atomic mass is 10.1. The minimum absolute atomic E-state index is 0.378. The Morgan fingerprint density at radius 2 is 1.63 bits per heavy atom. The fourth-order valence-corrected chi connectivity index (χ4v) is 11.8. The van der Waals surface area contributed by atoms with Gasteiger partial charge in [-0.15, -0.1) is 0 Å². The van der Waals surface area contributed by atoms with Gasteiger partial charge in [-0.2, -0.15) is 0 Å². The van der Waals surface area contributed by atoms with E-state index in [1.54, 1.807) is 12.1 Å². The van der Waals surface area contributed by atoms with Gasteiger partial charge in [-0.1, -0.05) is 51.4 Å². The molecule has 1 aromatic carbocycles. The molecule has 5 heteroatoms. The van der Waals surface area contributed by atoms with Crippen molar-refractivity contribution >= 4 is 22.4 Å². The summed E-state index contributed by atoms with van der Waals surface area (Å²) in [5, 5.41) is 9.07. The Labute approximate surface area is 118 Å². The molecule has 0 aliphatic heterocycles. The first-order valence-electron chi connectivity index (χ1n) is 6.62. The molecule has 3 nitrogen and oxygen atoms in total. The fourth-order valence-electron chi connectivity index (χ4n) is 2.47. The van der Waals surface area contributed by atoms with E-state index in [2.05, 4.69) is 43.5 Å². The maximum Gasteiger partial charge on any atom is 0.335 e. The molecule has 0 saturated heterocycles. The summed E-state index contributed by atoms with van der Waals surface area (Å²) in [6.45, 7) is 15.0. The molecule has 0 heterocycles. The number of rotatable bonds is 5. The standard InChI is InChI=1S/C14H25NO2Si2/c1-18(2,3)15(19(4,5)6)11-12-8-7-9-13(10-12)14(16)17/h7-10H,11H2,1-6H3,(H,16,17). The molecule has 19 heavy (non-hydrogen) atoms. The molecule has 0 aromatic heterocycles. The van der Waals surface area contributed by atoms with Crippen molar-refractivity contribution < 1.29 is 9.90 Å². The molecule has 0 radical (unpaired) electrons. The van der Waals surface area contributed by atoms with Gasteiger partial charge in [0.2, 0.25) is 0 Å². The van der Waals surface area contributed by atoms with Crippen LogP contribution in [0.4, 0.5) is 0 Å². The minimum Gasteiger partial charge on any atom is -0.478 e. The van der Waals surface area contributed by atoms with Crippen LogP contribution in [0.25, 0.3) is 0 Å². The van der Waals surface area contributed by atoms with Gasteiger partial charge in [-0.05, 0) is 17.7 Å². The quantitative estimate of drug-likeness (QED) is 0.839. The second-order valence-electron chi connectivity index (χ2n) is 6.93. The van der Waals surface area contributed by atoms with E-state index in [0.717, 1.165) is 12.1 Å². The van der Waals surface area contributed by atoms with Crippen molar-refractivity contribution in [3.05, 3.63) is 35.4 Å². The summed E-state index contributed by atoms with van der Waals surface area (Å²) in [6, 6.07) is 7.32. The second kappa shape index (κ2) is 5.60. The predicted octanol–water partition coefficient (Wildman–Crippen LogP) is 3.86. The normalized spacial score (nSPS) is 12.8. The number of hydrogen-bond acceptors (Lipinski definition) is 2. The van der Waals surface area contributed by atoms with Gasteiger partial charge in [-0.25, -0.2) is 4.79 Å². The van der Waals surface area contributed by atoms with Gasteiger partial charge in [0.1, 0.15) is 16.5 Å². The highest BCUT2D eigenvalue weighted by molar-refractivity contribution is 6.89. The zero-order valence-corrected chi connectivity index (χ0v) is 14.8. The lowest BCUT2D eigenvalue weighted by Crippen LogP contribution is -2.58. The van der Waals surface area contributed by atoms with E-state index in [1.165, 1.54) is 0 Å². The number of aromatic carboxylic acids is 1. The van der Waals surface area contributed by atoms with E-state index < -0.39 is 22.4 Å². The largest absolute Gasteiger partial charge is 0.478 e. The second-order valence-corrected chi connectivity index (χ2v) is 17.1. The minimum atomic E-state index is -1.40. The summed E-state index contributed by atoms with van der Waals surface area (Å²) in [5.41, 5.74) is 1.48. The van der Waals surface area contributed by atoms with Gasteiger partial charge in [0.05, 0.1) is 5.56 Å². The molecule has 0 aliphatic carbocycles. The van der Waals surface area contributed by atoms with Crippen LogP contribution in [0.3, 0.4) is 0 Å². The van der Waals surface area contributed by atoms with Gasteiger partial charge >= 0.3 is 5.97 Å². The van der Waals surface area contributed by atoms with Crippen LogP contribution >= 0.6 is 0 Å². The van der Waals surface area contributed by atoms with Gasteiger partial charge < -0.3 is 9.34 Å². The van der Waals surface area contributed by atoms with Crippen LogP contribution in [-0.2, 0) is 6.54 Å². The average molecular weight is 296 g/mol. The average Bonchev–Trinajstić information content (AvgIpc) is 2.23. The molecular weight excluding hydrogens is 270 g/mol. The first-order valence-corrected chi connectivity index (χ1v) is 13.5. The smallest absolute Gasteiger partial charge is 0.335 e. The van der Waals surface area contributed by atoms with Crippen molar-refractivity contribution in [1.29, 1.82) is 0 Å². The van der Waals surface area contributed by atoms with Crippen LogP contribution in [0, 0.1) is 0 Å². The molecule has 0 spiro atoms. The molecule has 0 atom stereocenters. The summed E-state index contributed by atoms with van der Waals surface area (Å²) in [6.07, 6.45) is 0. The van der Waals surface area contributed by atoms with Crippen molar-refractivity contribution in [3.8, 4) is 0 Å². The van der Waals surface area contributed by atoms with Crippen LogP contribution in [0.2, 0.25) is 39.3 Å². The van der Waals surface area contributed by atoms with Crippen LogP contribution in [-0.4, -0.2) is 31.8 Å². The van der Waals surface area contributed by atoms with Gasteiger partial charge in [0, 0.05) is 6.54 Å². The van der Waals surface area contributed by atoms with Crippen LogP contribution in [0.5, 0.6) is 0 Å². The third kappa shape index (κ3) is 4.60. The van der Waals surface area contributed by atoms with Crippen molar-refractivity contribution in [3.63, 3.8) is 0 Å². The monoisotopic (exact) mass is 295 g/mol. The Balaban J connectivity index is 3.04. The molecule has 0 saturated carbocycles. The molecule has 0 amide bonds. The lowest BCUT2D eigenvalue weighted by molar-refractivity contribution is 0.0696. The zero-order valence-electron chi connectivity index (χ0n) is 12.8. The molecule has 1 N–H and O–H groups in total. The van der Waals surface area contributed by atoms with E-state index in [0.29, 0.717) is 5.56 Å². The van der Waals surface area contributed by atoms with E-state index >= 15 is 0 Å².